The van der Waals surface area contributed by atoms with Crippen molar-refractivity contribution in [3.8, 4) is 5.75 Å². The van der Waals surface area contributed by atoms with Crippen LogP contribution in [0, 0.1) is 13.8 Å². The number of fused-ring (bicyclic) bond motifs is 1. The lowest BCUT2D eigenvalue weighted by atomic mass is 10.1. The molecule has 1 heterocycles. The predicted molar refractivity (Wildman–Crippen MR) is 113 cm³/mol. The summed E-state index contributed by atoms with van der Waals surface area (Å²) < 4.78 is 11.0. The Labute approximate surface area is 172 Å². The van der Waals surface area contributed by atoms with Gasteiger partial charge in [0.15, 0.2) is 0 Å². The van der Waals surface area contributed by atoms with Crippen molar-refractivity contribution in [1.29, 1.82) is 0 Å². The summed E-state index contributed by atoms with van der Waals surface area (Å²) in [6.07, 6.45) is 3.78. The number of halogens is 1. The number of benzene rings is 2. The van der Waals surface area contributed by atoms with Crippen LogP contribution in [0.5, 0.6) is 5.75 Å². The molecule has 0 radical (unpaired) electrons. The Morgan fingerprint density at radius 1 is 0.964 bits per heavy atom. The van der Waals surface area contributed by atoms with Crippen LogP contribution in [0.15, 0.2) is 47.0 Å². The van der Waals surface area contributed by atoms with E-state index in [1.807, 2.05) is 26.0 Å². The molecule has 0 amide bonds. The molecular weight excluding hydrogens is 372 g/mol. The summed E-state index contributed by atoms with van der Waals surface area (Å²) in [5, 5.41) is 7.49. The van der Waals surface area contributed by atoms with Gasteiger partial charge in [0, 0.05) is 13.1 Å². The fraction of sp³-hybridized carbons (Fsp3) is 0.348. The molecule has 5 heteroatoms. The van der Waals surface area contributed by atoms with Crippen LogP contribution in [0.1, 0.15) is 45.7 Å². The zero-order valence-corrected chi connectivity index (χ0v) is 17.3. The Morgan fingerprint density at radius 3 is 2.43 bits per heavy atom. The number of aromatic nitrogens is 1. The maximum atomic E-state index is 5.86. The van der Waals surface area contributed by atoms with Crippen LogP contribution in [-0.4, -0.2) is 5.16 Å². The minimum atomic E-state index is 0. The van der Waals surface area contributed by atoms with Crippen molar-refractivity contribution < 1.29 is 9.26 Å². The summed E-state index contributed by atoms with van der Waals surface area (Å²) in [4.78, 5) is 0. The molecule has 0 fully saturated rings. The quantitative estimate of drug-likeness (QED) is 0.603. The van der Waals surface area contributed by atoms with Crippen LogP contribution >= 0.6 is 12.4 Å². The molecule has 0 spiro atoms. The van der Waals surface area contributed by atoms with Crippen molar-refractivity contribution in [2.75, 3.05) is 0 Å². The minimum absolute atomic E-state index is 0. The van der Waals surface area contributed by atoms with E-state index in [1.165, 1.54) is 41.5 Å². The molecule has 1 N–H and O–H groups in total. The number of ether oxygens (including phenoxy) is 1. The number of nitrogens with zero attached hydrogens (tertiary/aromatic N) is 1. The molecule has 0 unspecified atom stereocenters. The van der Waals surface area contributed by atoms with Gasteiger partial charge in [0.1, 0.15) is 18.1 Å². The molecule has 0 saturated carbocycles. The molecule has 148 valence electrons. The van der Waals surface area contributed by atoms with E-state index in [0.717, 1.165) is 35.9 Å². The molecule has 1 aliphatic rings. The molecule has 0 saturated heterocycles. The summed E-state index contributed by atoms with van der Waals surface area (Å²) in [6, 6.07) is 15.2. The summed E-state index contributed by atoms with van der Waals surface area (Å²) in [5.41, 5.74) is 7.60. The van der Waals surface area contributed by atoms with Gasteiger partial charge in [-0.05, 0) is 67.5 Å². The van der Waals surface area contributed by atoms with Gasteiger partial charge in [-0.3, -0.25) is 0 Å². The topological polar surface area (TPSA) is 47.3 Å². The maximum absolute atomic E-state index is 5.86. The van der Waals surface area contributed by atoms with E-state index in [4.69, 9.17) is 9.26 Å². The van der Waals surface area contributed by atoms with Gasteiger partial charge in [-0.15, -0.1) is 12.4 Å². The van der Waals surface area contributed by atoms with Crippen LogP contribution < -0.4 is 10.1 Å². The summed E-state index contributed by atoms with van der Waals surface area (Å²) in [7, 11) is 0. The molecule has 0 bridgehead atoms. The van der Waals surface area contributed by atoms with Crippen molar-refractivity contribution in [2.45, 2.75) is 52.8 Å². The van der Waals surface area contributed by atoms with Gasteiger partial charge in [-0.1, -0.05) is 35.5 Å². The number of aryl methyl sites for hydroxylation is 4. The van der Waals surface area contributed by atoms with E-state index in [1.54, 1.807) is 0 Å². The Bertz CT molecular complexity index is 899. The van der Waals surface area contributed by atoms with Gasteiger partial charge >= 0.3 is 0 Å². The summed E-state index contributed by atoms with van der Waals surface area (Å²) in [6.45, 7) is 6.08. The third kappa shape index (κ3) is 4.75. The van der Waals surface area contributed by atoms with Gasteiger partial charge in [0.2, 0.25) is 0 Å². The highest BCUT2D eigenvalue weighted by molar-refractivity contribution is 5.85. The third-order valence-corrected chi connectivity index (χ3v) is 5.31. The first-order chi connectivity index (χ1) is 13.2. The molecule has 3 aromatic rings. The van der Waals surface area contributed by atoms with E-state index in [2.05, 4.69) is 40.8 Å². The van der Waals surface area contributed by atoms with Gasteiger partial charge in [0.05, 0.1) is 11.3 Å². The average Bonchev–Trinajstić information content (AvgIpc) is 3.27. The lowest BCUT2D eigenvalue weighted by Gasteiger charge is -2.09. The van der Waals surface area contributed by atoms with Crippen LogP contribution in [0.2, 0.25) is 0 Å². The zero-order valence-electron chi connectivity index (χ0n) is 16.5. The van der Waals surface area contributed by atoms with Gasteiger partial charge in [-0.2, -0.15) is 0 Å². The van der Waals surface area contributed by atoms with Crippen molar-refractivity contribution in [3.05, 3.63) is 81.7 Å². The smallest absolute Gasteiger partial charge is 0.140 e. The molecular formula is C23H27ClN2O2. The largest absolute Gasteiger partial charge is 0.489 e. The second kappa shape index (κ2) is 9.26. The summed E-state index contributed by atoms with van der Waals surface area (Å²) in [5.74, 6) is 1.68. The van der Waals surface area contributed by atoms with E-state index in [9.17, 15) is 0 Å². The Morgan fingerprint density at radius 2 is 1.68 bits per heavy atom. The van der Waals surface area contributed by atoms with E-state index >= 15 is 0 Å². The molecule has 2 aromatic carbocycles. The van der Waals surface area contributed by atoms with E-state index < -0.39 is 0 Å². The van der Waals surface area contributed by atoms with Crippen molar-refractivity contribution in [1.82, 2.24) is 10.5 Å². The fourth-order valence-electron chi connectivity index (χ4n) is 3.65. The molecule has 1 aromatic heterocycles. The number of rotatable bonds is 7. The SMILES string of the molecule is Cc1noc(C)c1COc1ccc(CNCc2ccc3c(c2)CCC3)cc1.Cl. The molecule has 0 atom stereocenters. The van der Waals surface area contributed by atoms with Crippen LogP contribution in [0.3, 0.4) is 0 Å². The second-order valence-corrected chi connectivity index (χ2v) is 7.30. The van der Waals surface area contributed by atoms with Crippen molar-refractivity contribution in [3.63, 3.8) is 0 Å². The molecule has 28 heavy (non-hydrogen) atoms. The predicted octanol–water partition coefficient (Wildman–Crippen LogP) is 5.07. The monoisotopic (exact) mass is 398 g/mol. The Hall–Kier alpha value is -2.30. The first kappa shape index (κ1) is 20.4. The highest BCUT2D eigenvalue weighted by atomic mass is 35.5. The number of nitrogens with one attached hydrogen (secondary N) is 1. The Kier molecular flexibility index (Phi) is 6.76. The van der Waals surface area contributed by atoms with Gasteiger partial charge in [-0.25, -0.2) is 0 Å². The Balaban J connectivity index is 0.00000225. The molecule has 0 aliphatic heterocycles. The highest BCUT2D eigenvalue weighted by Gasteiger charge is 2.11. The maximum Gasteiger partial charge on any atom is 0.140 e. The standard InChI is InChI=1S/C23H26N2O2.ClH/c1-16-23(17(2)27-25-16)15-26-22-10-7-18(8-11-22)13-24-14-19-6-9-20-4-3-5-21(20)12-19;/h6-12,24H,3-5,13-15H2,1-2H3;1H. The summed E-state index contributed by atoms with van der Waals surface area (Å²) >= 11 is 0. The van der Waals surface area contributed by atoms with Gasteiger partial charge in [0.25, 0.3) is 0 Å². The van der Waals surface area contributed by atoms with Gasteiger partial charge < -0.3 is 14.6 Å². The highest BCUT2D eigenvalue weighted by Crippen LogP contribution is 2.23. The molecule has 1 aliphatic carbocycles. The second-order valence-electron chi connectivity index (χ2n) is 7.30. The zero-order chi connectivity index (χ0) is 18.6. The first-order valence-electron chi connectivity index (χ1n) is 9.64. The van der Waals surface area contributed by atoms with Crippen molar-refractivity contribution >= 4 is 12.4 Å². The number of hydrogen-bond donors (Lipinski definition) is 1. The average molecular weight is 399 g/mol. The van der Waals surface area contributed by atoms with Crippen LogP contribution in [0.25, 0.3) is 0 Å². The fourth-order valence-corrected chi connectivity index (χ4v) is 3.65. The first-order valence-corrected chi connectivity index (χ1v) is 9.64. The lowest BCUT2D eigenvalue weighted by molar-refractivity contribution is 0.301. The van der Waals surface area contributed by atoms with Crippen LogP contribution in [-0.2, 0) is 32.5 Å². The van der Waals surface area contributed by atoms with E-state index in [0.29, 0.717) is 6.61 Å². The van der Waals surface area contributed by atoms with Crippen molar-refractivity contribution in [2.24, 2.45) is 0 Å². The normalized spacial score (nSPS) is 12.5. The lowest BCUT2D eigenvalue weighted by Crippen LogP contribution is -2.12. The third-order valence-electron chi connectivity index (χ3n) is 5.31. The number of hydrogen-bond acceptors (Lipinski definition) is 4. The minimum Gasteiger partial charge on any atom is -0.489 e. The molecule has 4 nitrogen and oxygen atoms in total. The van der Waals surface area contributed by atoms with E-state index in [-0.39, 0.29) is 12.4 Å². The molecule has 4 rings (SSSR count). The van der Waals surface area contributed by atoms with Crippen LogP contribution in [0.4, 0.5) is 0 Å².